The molecule has 0 unspecified atom stereocenters. The first-order valence-electron chi connectivity index (χ1n) is 6.58. The first-order valence-corrected chi connectivity index (χ1v) is 7.56. The molecule has 1 aliphatic carbocycles. The van der Waals surface area contributed by atoms with Crippen LogP contribution in [-0.2, 0) is 4.79 Å². The van der Waals surface area contributed by atoms with Gasteiger partial charge in [-0.3, -0.25) is 14.7 Å². The molecule has 3 rings (SSSR count). The topological polar surface area (TPSA) is 104 Å². The molecule has 20 heavy (non-hydrogen) atoms. The van der Waals surface area contributed by atoms with E-state index in [0.29, 0.717) is 22.2 Å². The fourth-order valence-electron chi connectivity index (χ4n) is 2.37. The highest BCUT2D eigenvalue weighted by Gasteiger charge is 2.17. The lowest BCUT2D eigenvalue weighted by atomic mass is 10.2. The summed E-state index contributed by atoms with van der Waals surface area (Å²) in [5.41, 5.74) is 0.190. The number of thioether (sulfide) groups is 1. The number of carbonyl (C=O) groups excluding carboxylic acids is 1. The summed E-state index contributed by atoms with van der Waals surface area (Å²) in [5.74, 6) is 0.230. The monoisotopic (exact) mass is 293 g/mol. The van der Waals surface area contributed by atoms with Crippen molar-refractivity contribution in [2.75, 3.05) is 5.75 Å². The maximum Gasteiger partial charge on any atom is 0.262 e. The van der Waals surface area contributed by atoms with Gasteiger partial charge in [-0.15, -0.1) is 0 Å². The number of hydrogen-bond donors (Lipinski definition) is 3. The molecular weight excluding hydrogens is 278 g/mol. The van der Waals surface area contributed by atoms with Gasteiger partial charge < -0.3 is 10.3 Å². The average Bonchev–Trinajstić information content (AvgIpc) is 3.07. The van der Waals surface area contributed by atoms with Crippen LogP contribution >= 0.6 is 11.8 Å². The minimum absolute atomic E-state index is 0.0192. The summed E-state index contributed by atoms with van der Waals surface area (Å²) in [7, 11) is 0. The second-order valence-corrected chi connectivity index (χ2v) is 5.80. The van der Waals surface area contributed by atoms with E-state index in [1.165, 1.54) is 30.8 Å². The second kappa shape index (κ2) is 5.66. The van der Waals surface area contributed by atoms with Gasteiger partial charge in [0.05, 0.1) is 11.9 Å². The molecule has 106 valence electrons. The molecule has 1 aliphatic rings. The van der Waals surface area contributed by atoms with Crippen LogP contribution in [0.15, 0.2) is 16.1 Å². The van der Waals surface area contributed by atoms with Crippen molar-refractivity contribution in [2.24, 2.45) is 0 Å². The van der Waals surface area contributed by atoms with Gasteiger partial charge in [0.1, 0.15) is 5.39 Å². The van der Waals surface area contributed by atoms with E-state index in [1.54, 1.807) is 0 Å². The Labute approximate surface area is 118 Å². The molecule has 8 heteroatoms. The number of nitrogens with one attached hydrogen (secondary N) is 3. The minimum atomic E-state index is -0.248. The van der Waals surface area contributed by atoms with E-state index in [2.05, 4.69) is 25.5 Å². The number of H-pyrrole nitrogens is 2. The van der Waals surface area contributed by atoms with Gasteiger partial charge in [0.2, 0.25) is 5.91 Å². The van der Waals surface area contributed by atoms with Gasteiger partial charge in [0.15, 0.2) is 10.8 Å². The summed E-state index contributed by atoms with van der Waals surface area (Å²) < 4.78 is 0. The molecule has 1 saturated carbocycles. The zero-order valence-electron chi connectivity index (χ0n) is 10.8. The highest BCUT2D eigenvalue weighted by Crippen LogP contribution is 2.18. The van der Waals surface area contributed by atoms with Gasteiger partial charge in [-0.2, -0.15) is 5.10 Å². The van der Waals surface area contributed by atoms with E-state index in [9.17, 15) is 9.59 Å². The molecule has 2 heterocycles. The predicted molar refractivity (Wildman–Crippen MR) is 75.6 cm³/mol. The third-order valence-corrected chi connectivity index (χ3v) is 4.23. The van der Waals surface area contributed by atoms with E-state index >= 15 is 0 Å². The van der Waals surface area contributed by atoms with E-state index in [0.717, 1.165) is 12.8 Å². The Balaban J connectivity index is 1.61. The van der Waals surface area contributed by atoms with E-state index in [1.807, 2.05) is 0 Å². The van der Waals surface area contributed by atoms with Crippen LogP contribution in [0, 0.1) is 0 Å². The Morgan fingerprint density at radius 1 is 1.45 bits per heavy atom. The quantitative estimate of drug-likeness (QED) is 0.571. The fraction of sp³-hybridized carbons (Fsp3) is 0.500. The number of rotatable bonds is 4. The van der Waals surface area contributed by atoms with Crippen molar-refractivity contribution in [3.63, 3.8) is 0 Å². The molecule has 0 saturated heterocycles. The normalized spacial score (nSPS) is 15.8. The maximum absolute atomic E-state index is 11.8. The maximum atomic E-state index is 11.8. The molecule has 3 N–H and O–H groups in total. The molecule has 0 spiro atoms. The molecule has 0 atom stereocenters. The number of carbonyl (C=O) groups is 1. The van der Waals surface area contributed by atoms with Crippen LogP contribution in [0.1, 0.15) is 25.7 Å². The van der Waals surface area contributed by atoms with Gasteiger partial charge >= 0.3 is 0 Å². The summed E-state index contributed by atoms with van der Waals surface area (Å²) >= 11 is 1.22. The Morgan fingerprint density at radius 2 is 2.25 bits per heavy atom. The van der Waals surface area contributed by atoms with Gasteiger partial charge in [-0.1, -0.05) is 24.6 Å². The van der Waals surface area contributed by atoms with Gasteiger partial charge in [-0.25, -0.2) is 4.98 Å². The molecule has 0 bridgehead atoms. The molecule has 0 aromatic carbocycles. The van der Waals surface area contributed by atoms with Crippen LogP contribution in [0.5, 0.6) is 0 Å². The minimum Gasteiger partial charge on any atom is -0.353 e. The van der Waals surface area contributed by atoms with Crippen LogP contribution in [-0.4, -0.2) is 37.9 Å². The van der Waals surface area contributed by atoms with Crippen molar-refractivity contribution in [3.8, 4) is 0 Å². The Morgan fingerprint density at radius 3 is 3.05 bits per heavy atom. The fourth-order valence-corrected chi connectivity index (χ4v) is 3.04. The van der Waals surface area contributed by atoms with Crippen LogP contribution in [0.25, 0.3) is 11.0 Å². The molecule has 1 amide bonds. The third kappa shape index (κ3) is 2.84. The Kier molecular flexibility index (Phi) is 3.72. The average molecular weight is 293 g/mol. The van der Waals surface area contributed by atoms with Gasteiger partial charge in [-0.05, 0) is 12.8 Å². The molecule has 2 aromatic heterocycles. The van der Waals surface area contributed by atoms with E-state index in [-0.39, 0.29) is 17.2 Å². The van der Waals surface area contributed by atoms with Crippen LogP contribution < -0.4 is 10.9 Å². The molecule has 2 aromatic rings. The van der Waals surface area contributed by atoms with Crippen molar-refractivity contribution in [1.29, 1.82) is 0 Å². The van der Waals surface area contributed by atoms with Crippen molar-refractivity contribution < 1.29 is 4.79 Å². The van der Waals surface area contributed by atoms with Crippen LogP contribution in [0.3, 0.4) is 0 Å². The second-order valence-electron chi connectivity index (χ2n) is 4.84. The molecule has 0 aliphatic heterocycles. The first kappa shape index (κ1) is 13.2. The largest absolute Gasteiger partial charge is 0.353 e. The standard InChI is InChI=1S/C12H15N5O2S/c18-9(14-7-3-1-2-4-7)6-20-12-15-10-8(5-13-17-10)11(19)16-12/h5,7H,1-4,6H2,(H,14,18)(H2,13,15,16,17,19). The molecular formula is C12H15N5O2S. The lowest BCUT2D eigenvalue weighted by Gasteiger charge is -2.11. The lowest BCUT2D eigenvalue weighted by Crippen LogP contribution is -2.33. The lowest BCUT2D eigenvalue weighted by molar-refractivity contribution is -0.119. The number of aromatic amines is 2. The van der Waals surface area contributed by atoms with Crippen molar-refractivity contribution in [2.45, 2.75) is 36.9 Å². The Hall–Kier alpha value is -1.83. The Bertz CT molecular complexity index is 674. The van der Waals surface area contributed by atoms with Crippen LogP contribution in [0.4, 0.5) is 0 Å². The number of fused-ring (bicyclic) bond motifs is 1. The molecule has 1 fully saturated rings. The summed E-state index contributed by atoms with van der Waals surface area (Å²) in [6.07, 6.45) is 5.92. The summed E-state index contributed by atoms with van der Waals surface area (Å²) in [5, 5.41) is 10.3. The number of aromatic nitrogens is 4. The van der Waals surface area contributed by atoms with Gasteiger partial charge in [0, 0.05) is 6.04 Å². The van der Waals surface area contributed by atoms with Crippen molar-refractivity contribution >= 4 is 28.7 Å². The first-order chi connectivity index (χ1) is 9.72. The summed E-state index contributed by atoms with van der Waals surface area (Å²) in [6, 6.07) is 0.310. The highest BCUT2D eigenvalue weighted by atomic mass is 32.2. The van der Waals surface area contributed by atoms with Gasteiger partial charge in [0.25, 0.3) is 5.56 Å². The molecule has 7 nitrogen and oxygen atoms in total. The number of hydrogen-bond acceptors (Lipinski definition) is 5. The molecule has 0 radical (unpaired) electrons. The summed E-state index contributed by atoms with van der Waals surface area (Å²) in [6.45, 7) is 0. The van der Waals surface area contributed by atoms with E-state index < -0.39 is 0 Å². The van der Waals surface area contributed by atoms with Crippen molar-refractivity contribution in [1.82, 2.24) is 25.5 Å². The predicted octanol–water partition coefficient (Wildman–Crippen LogP) is 0.797. The van der Waals surface area contributed by atoms with E-state index in [4.69, 9.17) is 0 Å². The third-order valence-electron chi connectivity index (χ3n) is 3.36. The zero-order chi connectivity index (χ0) is 13.9. The highest BCUT2D eigenvalue weighted by molar-refractivity contribution is 7.99. The number of nitrogens with zero attached hydrogens (tertiary/aromatic N) is 2. The van der Waals surface area contributed by atoms with Crippen LogP contribution in [0.2, 0.25) is 0 Å². The summed E-state index contributed by atoms with van der Waals surface area (Å²) in [4.78, 5) is 30.4. The smallest absolute Gasteiger partial charge is 0.262 e. The number of amides is 1. The SMILES string of the molecule is O=C(CSc1nc2[nH]ncc2c(=O)[nH]1)NC1CCCC1. The zero-order valence-corrected chi connectivity index (χ0v) is 11.6. The van der Waals surface area contributed by atoms with Crippen molar-refractivity contribution in [3.05, 3.63) is 16.6 Å².